The largest absolute Gasteiger partial charge is 0.480 e. The predicted molar refractivity (Wildman–Crippen MR) is 67.9 cm³/mol. The first-order chi connectivity index (χ1) is 8.82. The molecule has 0 saturated carbocycles. The van der Waals surface area contributed by atoms with Gasteiger partial charge in [-0.15, -0.1) is 0 Å². The number of aliphatic carboxylic acids is 1. The molecule has 1 rings (SSSR count). The van der Waals surface area contributed by atoms with Crippen molar-refractivity contribution in [2.24, 2.45) is 0 Å². The van der Waals surface area contributed by atoms with Gasteiger partial charge >= 0.3 is 12.0 Å². The standard InChI is InChI=1S/C12H22N2O5/c1-12(10(16)17)5-4-6-14(12)11(18)13(2)7-9(15)8-19-3/h9,15H,4-8H2,1-3H3,(H,16,17). The number of carbonyl (C=O) groups is 2. The number of aliphatic hydroxyl groups is 1. The molecule has 0 aromatic rings. The number of carbonyl (C=O) groups excluding carboxylic acids is 1. The molecule has 7 heteroatoms. The van der Waals surface area contributed by atoms with Crippen LogP contribution in [-0.2, 0) is 9.53 Å². The van der Waals surface area contributed by atoms with Gasteiger partial charge in [0.25, 0.3) is 0 Å². The van der Waals surface area contributed by atoms with Gasteiger partial charge in [0.05, 0.1) is 19.3 Å². The number of urea groups is 1. The molecule has 2 amide bonds. The third-order valence-electron chi connectivity index (χ3n) is 3.50. The van der Waals surface area contributed by atoms with Gasteiger partial charge in [-0.3, -0.25) is 0 Å². The number of ether oxygens (including phenoxy) is 1. The van der Waals surface area contributed by atoms with E-state index in [2.05, 4.69) is 0 Å². The van der Waals surface area contributed by atoms with Crippen LogP contribution >= 0.6 is 0 Å². The van der Waals surface area contributed by atoms with Crippen molar-refractivity contribution >= 4 is 12.0 Å². The number of likely N-dealkylation sites (tertiary alicyclic amines) is 1. The zero-order chi connectivity index (χ0) is 14.6. The van der Waals surface area contributed by atoms with Gasteiger partial charge in [-0.25, -0.2) is 9.59 Å². The molecule has 0 aromatic heterocycles. The second-order valence-corrected chi connectivity index (χ2v) is 5.11. The van der Waals surface area contributed by atoms with Crippen molar-refractivity contribution in [2.75, 3.05) is 33.9 Å². The van der Waals surface area contributed by atoms with Crippen molar-refractivity contribution in [1.29, 1.82) is 0 Å². The molecular weight excluding hydrogens is 252 g/mol. The maximum atomic E-state index is 12.2. The first-order valence-corrected chi connectivity index (χ1v) is 6.26. The van der Waals surface area contributed by atoms with Crippen LogP contribution < -0.4 is 0 Å². The van der Waals surface area contributed by atoms with Gasteiger partial charge in [0.1, 0.15) is 5.54 Å². The molecule has 19 heavy (non-hydrogen) atoms. The molecule has 0 spiro atoms. The van der Waals surface area contributed by atoms with E-state index < -0.39 is 17.6 Å². The van der Waals surface area contributed by atoms with Gasteiger partial charge in [-0.1, -0.05) is 0 Å². The van der Waals surface area contributed by atoms with E-state index in [0.717, 1.165) is 0 Å². The summed E-state index contributed by atoms with van der Waals surface area (Å²) in [7, 11) is 3.01. The zero-order valence-corrected chi connectivity index (χ0v) is 11.6. The average molecular weight is 274 g/mol. The average Bonchev–Trinajstić information content (AvgIpc) is 2.72. The highest BCUT2D eigenvalue weighted by Gasteiger charge is 2.46. The highest BCUT2D eigenvalue weighted by molar-refractivity contribution is 5.86. The van der Waals surface area contributed by atoms with Gasteiger partial charge in [-0.2, -0.15) is 0 Å². The first-order valence-electron chi connectivity index (χ1n) is 6.26. The van der Waals surface area contributed by atoms with Gasteiger partial charge in [0, 0.05) is 20.7 Å². The van der Waals surface area contributed by atoms with Crippen LogP contribution in [0.4, 0.5) is 4.79 Å². The van der Waals surface area contributed by atoms with Crippen LogP contribution in [0.15, 0.2) is 0 Å². The minimum Gasteiger partial charge on any atom is -0.480 e. The molecular formula is C12H22N2O5. The number of carboxylic acid groups (broad SMARTS) is 1. The van der Waals surface area contributed by atoms with Crippen LogP contribution in [0, 0.1) is 0 Å². The fraction of sp³-hybridized carbons (Fsp3) is 0.833. The van der Waals surface area contributed by atoms with Crippen LogP contribution in [0.5, 0.6) is 0 Å². The minimum atomic E-state index is -1.16. The molecule has 2 unspecified atom stereocenters. The van der Waals surface area contributed by atoms with E-state index in [0.29, 0.717) is 19.4 Å². The molecule has 0 bridgehead atoms. The van der Waals surface area contributed by atoms with Crippen LogP contribution in [0.25, 0.3) is 0 Å². The Balaban J connectivity index is 2.68. The summed E-state index contributed by atoms with van der Waals surface area (Å²) in [4.78, 5) is 26.2. The quantitative estimate of drug-likeness (QED) is 0.735. The third-order valence-corrected chi connectivity index (χ3v) is 3.50. The molecule has 0 aliphatic carbocycles. The summed E-state index contributed by atoms with van der Waals surface area (Å²) in [5.74, 6) is -0.996. The second-order valence-electron chi connectivity index (χ2n) is 5.11. The second kappa shape index (κ2) is 6.21. The molecule has 1 saturated heterocycles. The molecule has 7 nitrogen and oxygen atoms in total. The number of hydrogen-bond donors (Lipinski definition) is 2. The minimum absolute atomic E-state index is 0.110. The summed E-state index contributed by atoms with van der Waals surface area (Å²) in [6.45, 7) is 2.22. The van der Waals surface area contributed by atoms with E-state index in [1.165, 1.54) is 16.9 Å². The van der Waals surface area contributed by atoms with Gasteiger partial charge in [0.2, 0.25) is 0 Å². The SMILES string of the molecule is COCC(O)CN(C)C(=O)N1CCCC1(C)C(=O)O. The van der Waals surface area contributed by atoms with Crippen molar-refractivity contribution in [3.63, 3.8) is 0 Å². The number of nitrogens with zero attached hydrogens (tertiary/aromatic N) is 2. The lowest BCUT2D eigenvalue weighted by Gasteiger charge is -2.34. The molecule has 1 heterocycles. The van der Waals surface area contributed by atoms with E-state index in [4.69, 9.17) is 4.74 Å². The van der Waals surface area contributed by atoms with Crippen molar-refractivity contribution in [3.05, 3.63) is 0 Å². The Morgan fingerprint density at radius 1 is 1.53 bits per heavy atom. The van der Waals surface area contributed by atoms with E-state index >= 15 is 0 Å². The fourth-order valence-corrected chi connectivity index (χ4v) is 2.34. The number of amides is 2. The topological polar surface area (TPSA) is 90.3 Å². The molecule has 0 radical (unpaired) electrons. The zero-order valence-electron chi connectivity index (χ0n) is 11.6. The summed E-state index contributed by atoms with van der Waals surface area (Å²) in [6.07, 6.45) is 0.337. The summed E-state index contributed by atoms with van der Waals surface area (Å²) < 4.78 is 4.79. The van der Waals surface area contributed by atoms with Crippen molar-refractivity contribution < 1.29 is 24.5 Å². The molecule has 1 aliphatic heterocycles. The van der Waals surface area contributed by atoms with Crippen LogP contribution in [0.2, 0.25) is 0 Å². The number of likely N-dealkylation sites (N-methyl/N-ethyl adjacent to an activating group) is 1. The number of carboxylic acids is 1. The summed E-state index contributed by atoms with van der Waals surface area (Å²) in [6, 6.07) is -0.377. The number of hydrogen-bond acceptors (Lipinski definition) is 4. The number of methoxy groups -OCH3 is 1. The first kappa shape index (κ1) is 15.7. The van der Waals surface area contributed by atoms with E-state index in [1.54, 1.807) is 14.0 Å². The Morgan fingerprint density at radius 3 is 2.68 bits per heavy atom. The van der Waals surface area contributed by atoms with Gasteiger partial charge in [-0.05, 0) is 19.8 Å². The van der Waals surface area contributed by atoms with Crippen LogP contribution in [0.3, 0.4) is 0 Å². The number of rotatable bonds is 5. The molecule has 1 aliphatic rings. The number of aliphatic hydroxyl groups excluding tert-OH is 1. The van der Waals surface area contributed by atoms with Crippen molar-refractivity contribution in [2.45, 2.75) is 31.4 Å². The van der Waals surface area contributed by atoms with E-state index in [-0.39, 0.29) is 19.2 Å². The van der Waals surface area contributed by atoms with E-state index in [1.807, 2.05) is 0 Å². The van der Waals surface area contributed by atoms with Gasteiger partial charge < -0.3 is 24.7 Å². The molecule has 1 fully saturated rings. The Bertz CT molecular complexity index is 349. The molecule has 0 aromatic carbocycles. The van der Waals surface area contributed by atoms with Crippen LogP contribution in [-0.4, -0.2) is 77.5 Å². The lowest BCUT2D eigenvalue weighted by Crippen LogP contribution is -2.55. The Morgan fingerprint density at radius 2 is 2.16 bits per heavy atom. The summed E-state index contributed by atoms with van der Waals surface area (Å²) >= 11 is 0. The monoisotopic (exact) mass is 274 g/mol. The molecule has 110 valence electrons. The Hall–Kier alpha value is -1.34. The Kier molecular flexibility index (Phi) is 5.13. The van der Waals surface area contributed by atoms with Crippen LogP contribution in [0.1, 0.15) is 19.8 Å². The smallest absolute Gasteiger partial charge is 0.329 e. The van der Waals surface area contributed by atoms with Gasteiger partial charge in [0.15, 0.2) is 0 Å². The molecule has 2 atom stereocenters. The lowest BCUT2D eigenvalue weighted by molar-refractivity contribution is -0.147. The summed E-state index contributed by atoms with van der Waals surface area (Å²) in [5, 5.41) is 18.9. The highest BCUT2D eigenvalue weighted by Crippen LogP contribution is 2.30. The van der Waals surface area contributed by atoms with E-state index in [9.17, 15) is 19.8 Å². The van der Waals surface area contributed by atoms with Crippen molar-refractivity contribution in [1.82, 2.24) is 9.80 Å². The van der Waals surface area contributed by atoms with Crippen molar-refractivity contribution in [3.8, 4) is 0 Å². The normalized spacial score (nSPS) is 24.3. The predicted octanol–water partition coefficient (Wildman–Crippen LogP) is -0.0154. The maximum absolute atomic E-state index is 12.2. The lowest BCUT2D eigenvalue weighted by atomic mass is 10.00. The fourth-order valence-electron chi connectivity index (χ4n) is 2.34. The Labute approximate surface area is 112 Å². The maximum Gasteiger partial charge on any atom is 0.329 e. The highest BCUT2D eigenvalue weighted by atomic mass is 16.5. The molecule has 2 N–H and O–H groups in total. The summed E-state index contributed by atoms with van der Waals surface area (Å²) in [5.41, 5.74) is -1.16. The third kappa shape index (κ3) is 3.36.